The highest BCUT2D eigenvalue weighted by Gasteiger charge is 2.26. The molecule has 7 nitrogen and oxygen atoms in total. The smallest absolute Gasteiger partial charge is 0.327 e. The predicted molar refractivity (Wildman–Crippen MR) is 100 cm³/mol. The molecule has 0 radical (unpaired) electrons. The lowest BCUT2D eigenvalue weighted by Gasteiger charge is -2.28. The van der Waals surface area contributed by atoms with Gasteiger partial charge in [-0.25, -0.2) is 14.8 Å². The highest BCUT2D eigenvalue weighted by molar-refractivity contribution is 6.02. The van der Waals surface area contributed by atoms with Gasteiger partial charge in [0.15, 0.2) is 11.6 Å². The molecule has 0 spiro atoms. The molecule has 26 heavy (non-hydrogen) atoms. The number of rotatable bonds is 2. The number of hydrogen-bond donors (Lipinski definition) is 2. The summed E-state index contributed by atoms with van der Waals surface area (Å²) >= 11 is 0. The van der Waals surface area contributed by atoms with Gasteiger partial charge in [-0.2, -0.15) is 0 Å². The fourth-order valence-electron chi connectivity index (χ4n) is 2.72. The molecule has 2 aromatic heterocycles. The number of nitrogens with two attached hydrogens (primary N) is 1. The number of aromatic nitrogens is 2. The molecule has 130 valence electrons. The van der Waals surface area contributed by atoms with Crippen molar-refractivity contribution >= 4 is 23.4 Å². The molecule has 0 bridgehead atoms. The first-order valence-corrected chi connectivity index (χ1v) is 8.20. The van der Waals surface area contributed by atoms with Crippen LogP contribution in [-0.2, 0) is 0 Å². The van der Waals surface area contributed by atoms with Gasteiger partial charge in [0, 0.05) is 17.4 Å². The van der Waals surface area contributed by atoms with Crippen LogP contribution in [0, 0.1) is 0 Å². The van der Waals surface area contributed by atoms with E-state index in [2.05, 4.69) is 15.3 Å². The van der Waals surface area contributed by atoms with Gasteiger partial charge in [-0.3, -0.25) is 4.90 Å². The average molecular weight is 347 g/mol. The number of fused-ring (bicyclic) bond motifs is 1. The normalized spacial score (nSPS) is 12.8. The van der Waals surface area contributed by atoms with E-state index in [9.17, 15) is 4.79 Å². The van der Waals surface area contributed by atoms with Crippen LogP contribution in [0.4, 0.5) is 22.1 Å². The maximum Gasteiger partial charge on any atom is 0.327 e. The largest absolute Gasteiger partial charge is 0.488 e. The number of para-hydroxylation sites is 1. The van der Waals surface area contributed by atoms with E-state index in [0.717, 1.165) is 11.3 Å². The van der Waals surface area contributed by atoms with E-state index < -0.39 is 0 Å². The second kappa shape index (κ2) is 6.72. The van der Waals surface area contributed by atoms with Crippen molar-refractivity contribution in [3.8, 4) is 17.0 Å². The maximum atomic E-state index is 12.7. The zero-order valence-corrected chi connectivity index (χ0v) is 13.9. The molecular weight excluding hydrogens is 330 g/mol. The van der Waals surface area contributed by atoms with Crippen LogP contribution in [-0.4, -0.2) is 29.2 Å². The summed E-state index contributed by atoms with van der Waals surface area (Å²) in [4.78, 5) is 23.0. The van der Waals surface area contributed by atoms with Crippen LogP contribution in [0.15, 0.2) is 60.8 Å². The Bertz CT molecular complexity index is 928. The molecule has 0 unspecified atom stereocenters. The Morgan fingerprint density at radius 3 is 2.73 bits per heavy atom. The lowest BCUT2D eigenvalue weighted by molar-refractivity contribution is 0.249. The molecule has 3 aromatic rings. The second-order valence-corrected chi connectivity index (χ2v) is 5.79. The standard InChI is InChI=1S/C19H17N5O2/c20-17-9-6-13(12-21-17)15-7-8-16-18(23-15)24(10-11-26-16)19(25)22-14-4-2-1-3-5-14/h1-9,12H,10-11H2,(H2,20,21)(H,22,25). The van der Waals surface area contributed by atoms with Crippen molar-refractivity contribution in [2.24, 2.45) is 0 Å². The van der Waals surface area contributed by atoms with Gasteiger partial charge in [0.05, 0.1) is 12.2 Å². The first-order valence-electron chi connectivity index (χ1n) is 8.20. The summed E-state index contributed by atoms with van der Waals surface area (Å²) in [5.41, 5.74) is 7.87. The van der Waals surface area contributed by atoms with Crippen LogP contribution in [0.5, 0.6) is 5.75 Å². The number of carbonyl (C=O) groups is 1. The van der Waals surface area contributed by atoms with E-state index in [1.165, 1.54) is 0 Å². The third-order valence-electron chi connectivity index (χ3n) is 4.02. The summed E-state index contributed by atoms with van der Waals surface area (Å²) in [5, 5.41) is 2.88. The summed E-state index contributed by atoms with van der Waals surface area (Å²) in [5.74, 6) is 1.50. The van der Waals surface area contributed by atoms with E-state index in [-0.39, 0.29) is 6.03 Å². The minimum atomic E-state index is -0.249. The summed E-state index contributed by atoms with van der Waals surface area (Å²) in [7, 11) is 0. The van der Waals surface area contributed by atoms with Gasteiger partial charge in [-0.1, -0.05) is 18.2 Å². The number of nitrogens with one attached hydrogen (secondary N) is 1. The third-order valence-corrected chi connectivity index (χ3v) is 4.02. The van der Waals surface area contributed by atoms with Gasteiger partial charge in [0.2, 0.25) is 0 Å². The maximum absolute atomic E-state index is 12.7. The van der Waals surface area contributed by atoms with Crippen molar-refractivity contribution in [3.63, 3.8) is 0 Å². The fourth-order valence-corrected chi connectivity index (χ4v) is 2.72. The molecule has 3 heterocycles. The van der Waals surface area contributed by atoms with Gasteiger partial charge in [0.25, 0.3) is 0 Å². The van der Waals surface area contributed by atoms with Crippen LogP contribution in [0.25, 0.3) is 11.3 Å². The number of carbonyl (C=O) groups excluding carboxylic acids is 1. The monoisotopic (exact) mass is 347 g/mol. The number of amides is 2. The van der Waals surface area contributed by atoms with Crippen LogP contribution in [0.2, 0.25) is 0 Å². The van der Waals surface area contributed by atoms with E-state index >= 15 is 0 Å². The Balaban J connectivity index is 1.65. The molecule has 7 heteroatoms. The zero-order valence-electron chi connectivity index (χ0n) is 13.9. The number of pyridine rings is 2. The summed E-state index contributed by atoms with van der Waals surface area (Å²) < 4.78 is 5.64. The van der Waals surface area contributed by atoms with E-state index in [1.54, 1.807) is 17.2 Å². The Morgan fingerprint density at radius 1 is 1.12 bits per heavy atom. The van der Waals surface area contributed by atoms with Gasteiger partial charge in [0.1, 0.15) is 12.4 Å². The van der Waals surface area contributed by atoms with Crippen molar-refractivity contribution in [1.29, 1.82) is 0 Å². The topological polar surface area (TPSA) is 93.4 Å². The molecule has 0 atom stereocenters. The van der Waals surface area contributed by atoms with Gasteiger partial charge in [-0.15, -0.1) is 0 Å². The van der Waals surface area contributed by atoms with Crippen LogP contribution in [0.1, 0.15) is 0 Å². The van der Waals surface area contributed by atoms with Gasteiger partial charge >= 0.3 is 6.03 Å². The molecule has 0 saturated carbocycles. The molecule has 0 saturated heterocycles. The Morgan fingerprint density at radius 2 is 1.96 bits per heavy atom. The number of hydrogen-bond acceptors (Lipinski definition) is 5. The minimum Gasteiger partial charge on any atom is -0.488 e. The van der Waals surface area contributed by atoms with Crippen molar-refractivity contribution in [2.45, 2.75) is 0 Å². The van der Waals surface area contributed by atoms with E-state index in [1.807, 2.05) is 48.5 Å². The Hall–Kier alpha value is -3.61. The first-order chi connectivity index (χ1) is 12.7. The molecule has 2 amide bonds. The SMILES string of the molecule is Nc1ccc(-c2ccc3c(n2)N(C(=O)Nc2ccccc2)CCO3)cn1. The van der Waals surface area contributed by atoms with E-state index in [0.29, 0.717) is 36.2 Å². The molecule has 0 aliphatic carbocycles. The van der Waals surface area contributed by atoms with Gasteiger partial charge in [-0.05, 0) is 36.4 Å². The number of urea groups is 1. The second-order valence-electron chi connectivity index (χ2n) is 5.79. The van der Waals surface area contributed by atoms with Crippen molar-refractivity contribution in [1.82, 2.24) is 9.97 Å². The molecular formula is C19H17N5O2. The average Bonchev–Trinajstić information content (AvgIpc) is 2.68. The molecule has 1 aliphatic rings. The highest BCUT2D eigenvalue weighted by Crippen LogP contribution is 2.32. The fraction of sp³-hybridized carbons (Fsp3) is 0.105. The van der Waals surface area contributed by atoms with Crippen molar-refractivity contribution in [3.05, 3.63) is 60.8 Å². The number of nitrogens with zero attached hydrogens (tertiary/aromatic N) is 3. The molecule has 1 aliphatic heterocycles. The predicted octanol–water partition coefficient (Wildman–Crippen LogP) is 3.16. The highest BCUT2D eigenvalue weighted by atomic mass is 16.5. The number of nitrogen functional groups attached to an aromatic ring is 1. The van der Waals surface area contributed by atoms with E-state index in [4.69, 9.17) is 10.5 Å². The number of anilines is 3. The minimum absolute atomic E-state index is 0.249. The van der Waals surface area contributed by atoms with Crippen LogP contribution in [0.3, 0.4) is 0 Å². The molecule has 4 rings (SSSR count). The summed E-state index contributed by atoms with van der Waals surface area (Å²) in [6.07, 6.45) is 1.65. The molecule has 3 N–H and O–H groups in total. The zero-order chi connectivity index (χ0) is 17.9. The lowest BCUT2D eigenvalue weighted by Crippen LogP contribution is -2.41. The van der Waals surface area contributed by atoms with Crippen molar-refractivity contribution < 1.29 is 9.53 Å². The molecule has 0 fully saturated rings. The van der Waals surface area contributed by atoms with Crippen LogP contribution < -0.4 is 20.7 Å². The number of benzene rings is 1. The van der Waals surface area contributed by atoms with Crippen LogP contribution >= 0.6 is 0 Å². The first kappa shape index (κ1) is 15.9. The Kier molecular flexibility index (Phi) is 4.10. The summed E-state index contributed by atoms with van der Waals surface area (Å²) in [6, 6.07) is 16.3. The lowest BCUT2D eigenvalue weighted by atomic mass is 10.2. The third kappa shape index (κ3) is 3.14. The Labute approximate surface area is 150 Å². The van der Waals surface area contributed by atoms with Gasteiger partial charge < -0.3 is 15.8 Å². The number of ether oxygens (including phenoxy) is 1. The summed E-state index contributed by atoms with van der Waals surface area (Å²) in [6.45, 7) is 0.835. The van der Waals surface area contributed by atoms with Crippen molar-refractivity contribution in [2.75, 3.05) is 29.1 Å². The molecule has 1 aromatic carbocycles. The quantitative estimate of drug-likeness (QED) is 0.743.